The standard InChI is InChI=1S/C22H27F3N4O2/c1-27(2)20-9-6-17(22(23,24)25)14-19(20)26-21(30)28(3)15-16-4-7-18(8-5-16)29-10-12-31-13-11-29/h4-9,14H,10-13,15H2,1-3H3,(H,26,30). The fourth-order valence-electron chi connectivity index (χ4n) is 3.39. The van der Waals surface area contributed by atoms with Gasteiger partial charge in [-0.05, 0) is 35.9 Å². The molecule has 0 unspecified atom stereocenters. The van der Waals surface area contributed by atoms with Crippen LogP contribution in [0.15, 0.2) is 42.5 Å². The molecule has 168 valence electrons. The number of ether oxygens (including phenoxy) is 1. The van der Waals surface area contributed by atoms with Crippen molar-refractivity contribution in [3.63, 3.8) is 0 Å². The lowest BCUT2D eigenvalue weighted by atomic mass is 10.1. The van der Waals surface area contributed by atoms with Crippen molar-refractivity contribution in [2.24, 2.45) is 0 Å². The number of halogens is 3. The third-order valence-electron chi connectivity index (χ3n) is 5.13. The highest BCUT2D eigenvalue weighted by molar-refractivity contribution is 5.93. The molecule has 2 aromatic rings. The molecular formula is C22H27F3N4O2. The maximum absolute atomic E-state index is 13.1. The molecule has 1 heterocycles. The number of alkyl halides is 3. The molecule has 1 aliphatic rings. The van der Waals surface area contributed by atoms with Crippen LogP contribution in [0.2, 0.25) is 0 Å². The predicted octanol–water partition coefficient (Wildman–Crippen LogP) is 4.27. The van der Waals surface area contributed by atoms with Crippen LogP contribution in [0.25, 0.3) is 0 Å². The molecule has 2 aromatic carbocycles. The maximum Gasteiger partial charge on any atom is 0.416 e. The SMILES string of the molecule is CN(Cc1ccc(N2CCOCC2)cc1)C(=O)Nc1cc(C(F)(F)F)ccc1N(C)C. The molecule has 1 saturated heterocycles. The molecule has 0 spiro atoms. The number of hydrogen-bond donors (Lipinski definition) is 1. The summed E-state index contributed by atoms with van der Waals surface area (Å²) in [7, 11) is 5.02. The van der Waals surface area contributed by atoms with Crippen LogP contribution in [0.1, 0.15) is 11.1 Å². The van der Waals surface area contributed by atoms with Crippen LogP contribution in [-0.4, -0.2) is 58.4 Å². The molecule has 2 amide bonds. The topological polar surface area (TPSA) is 48.1 Å². The minimum atomic E-state index is -4.49. The minimum Gasteiger partial charge on any atom is -0.378 e. The zero-order chi connectivity index (χ0) is 22.6. The molecule has 0 radical (unpaired) electrons. The lowest BCUT2D eigenvalue weighted by Gasteiger charge is -2.29. The van der Waals surface area contributed by atoms with Crippen molar-refractivity contribution in [2.75, 3.05) is 62.6 Å². The molecule has 3 rings (SSSR count). The van der Waals surface area contributed by atoms with E-state index in [0.29, 0.717) is 25.4 Å². The molecule has 0 saturated carbocycles. The second-order valence-corrected chi connectivity index (χ2v) is 7.68. The predicted molar refractivity (Wildman–Crippen MR) is 116 cm³/mol. The van der Waals surface area contributed by atoms with Gasteiger partial charge in [0.1, 0.15) is 0 Å². The Morgan fingerprint density at radius 2 is 1.71 bits per heavy atom. The van der Waals surface area contributed by atoms with E-state index in [9.17, 15) is 18.0 Å². The Bertz CT molecular complexity index is 895. The van der Waals surface area contributed by atoms with Crippen LogP contribution < -0.4 is 15.1 Å². The van der Waals surface area contributed by atoms with E-state index in [1.807, 2.05) is 24.3 Å². The molecule has 31 heavy (non-hydrogen) atoms. The lowest BCUT2D eigenvalue weighted by Crippen LogP contribution is -2.36. The molecule has 1 N–H and O–H groups in total. The third-order valence-corrected chi connectivity index (χ3v) is 5.13. The molecule has 1 aliphatic heterocycles. The number of amides is 2. The van der Waals surface area contributed by atoms with E-state index in [1.54, 1.807) is 26.0 Å². The molecule has 1 fully saturated rings. The molecule has 0 bridgehead atoms. The number of benzene rings is 2. The first-order valence-electron chi connectivity index (χ1n) is 9.97. The monoisotopic (exact) mass is 436 g/mol. The number of hydrogen-bond acceptors (Lipinski definition) is 4. The van der Waals surface area contributed by atoms with Crippen LogP contribution in [-0.2, 0) is 17.5 Å². The largest absolute Gasteiger partial charge is 0.416 e. The molecule has 0 aromatic heterocycles. The van der Waals surface area contributed by atoms with Gasteiger partial charge in [-0.15, -0.1) is 0 Å². The number of nitrogens with one attached hydrogen (secondary N) is 1. The van der Waals surface area contributed by atoms with Crippen LogP contribution in [0, 0.1) is 0 Å². The second-order valence-electron chi connectivity index (χ2n) is 7.68. The fraction of sp³-hybridized carbons (Fsp3) is 0.409. The molecule has 0 aliphatic carbocycles. The van der Waals surface area contributed by atoms with E-state index < -0.39 is 17.8 Å². The summed E-state index contributed by atoms with van der Waals surface area (Å²) in [5.74, 6) is 0. The third kappa shape index (κ3) is 5.81. The van der Waals surface area contributed by atoms with E-state index in [0.717, 1.165) is 36.5 Å². The molecule has 0 atom stereocenters. The van der Waals surface area contributed by atoms with Crippen molar-refractivity contribution in [1.29, 1.82) is 0 Å². The summed E-state index contributed by atoms with van der Waals surface area (Å²) in [5.41, 5.74) is 1.81. The van der Waals surface area contributed by atoms with Crippen molar-refractivity contribution in [2.45, 2.75) is 12.7 Å². The number of nitrogens with zero attached hydrogens (tertiary/aromatic N) is 3. The number of anilines is 3. The Morgan fingerprint density at radius 3 is 2.29 bits per heavy atom. The van der Waals surface area contributed by atoms with Gasteiger partial charge < -0.3 is 24.8 Å². The van der Waals surface area contributed by atoms with Gasteiger partial charge in [0.25, 0.3) is 0 Å². The second kappa shape index (κ2) is 9.47. The zero-order valence-electron chi connectivity index (χ0n) is 17.9. The smallest absolute Gasteiger partial charge is 0.378 e. The maximum atomic E-state index is 13.1. The van der Waals surface area contributed by atoms with Crippen LogP contribution in [0.3, 0.4) is 0 Å². The summed E-state index contributed by atoms with van der Waals surface area (Å²) in [4.78, 5) is 18.0. The van der Waals surface area contributed by atoms with Crippen LogP contribution in [0.5, 0.6) is 0 Å². The van der Waals surface area contributed by atoms with Gasteiger partial charge in [0.05, 0.1) is 30.2 Å². The van der Waals surface area contributed by atoms with E-state index >= 15 is 0 Å². The fourth-order valence-corrected chi connectivity index (χ4v) is 3.39. The van der Waals surface area contributed by atoms with E-state index in [-0.39, 0.29) is 5.69 Å². The van der Waals surface area contributed by atoms with Gasteiger partial charge in [-0.2, -0.15) is 13.2 Å². The van der Waals surface area contributed by atoms with Gasteiger partial charge in [0.15, 0.2) is 0 Å². The number of carbonyl (C=O) groups excluding carboxylic acids is 1. The highest BCUT2D eigenvalue weighted by Gasteiger charge is 2.31. The number of urea groups is 1. The minimum absolute atomic E-state index is 0.111. The average Bonchev–Trinajstić information content (AvgIpc) is 2.74. The van der Waals surface area contributed by atoms with Gasteiger partial charge in [-0.1, -0.05) is 12.1 Å². The van der Waals surface area contributed by atoms with E-state index in [1.165, 1.54) is 11.0 Å². The average molecular weight is 436 g/mol. The first kappa shape index (κ1) is 22.7. The van der Waals surface area contributed by atoms with Crippen molar-refractivity contribution in [3.8, 4) is 0 Å². The first-order valence-corrected chi connectivity index (χ1v) is 9.97. The number of carbonyl (C=O) groups is 1. The molecular weight excluding hydrogens is 409 g/mol. The van der Waals surface area contributed by atoms with Gasteiger partial charge >= 0.3 is 12.2 Å². The lowest BCUT2D eigenvalue weighted by molar-refractivity contribution is -0.137. The Balaban J connectivity index is 1.67. The number of rotatable bonds is 5. The Kier molecular flexibility index (Phi) is 6.94. The van der Waals surface area contributed by atoms with Gasteiger partial charge in [0, 0.05) is 46.5 Å². The summed E-state index contributed by atoms with van der Waals surface area (Å²) in [6.45, 7) is 3.41. The van der Waals surface area contributed by atoms with Gasteiger partial charge in [0.2, 0.25) is 0 Å². The summed E-state index contributed by atoms with van der Waals surface area (Å²) < 4.78 is 44.7. The van der Waals surface area contributed by atoms with Gasteiger partial charge in [-0.25, -0.2) is 4.79 Å². The van der Waals surface area contributed by atoms with Crippen molar-refractivity contribution in [3.05, 3.63) is 53.6 Å². The Hall–Kier alpha value is -2.94. The van der Waals surface area contributed by atoms with Crippen molar-refractivity contribution in [1.82, 2.24) is 4.90 Å². The van der Waals surface area contributed by atoms with Crippen LogP contribution in [0.4, 0.5) is 35.0 Å². The van der Waals surface area contributed by atoms with Crippen molar-refractivity contribution >= 4 is 23.1 Å². The van der Waals surface area contributed by atoms with E-state index in [2.05, 4.69) is 10.2 Å². The summed E-state index contributed by atoms with van der Waals surface area (Å²) >= 11 is 0. The summed E-state index contributed by atoms with van der Waals surface area (Å²) in [6, 6.07) is 10.7. The van der Waals surface area contributed by atoms with Gasteiger partial charge in [-0.3, -0.25) is 0 Å². The highest BCUT2D eigenvalue weighted by atomic mass is 19.4. The summed E-state index contributed by atoms with van der Waals surface area (Å²) in [6.07, 6.45) is -4.49. The van der Waals surface area contributed by atoms with Crippen molar-refractivity contribution < 1.29 is 22.7 Å². The Morgan fingerprint density at radius 1 is 1.06 bits per heavy atom. The molecule has 6 nitrogen and oxygen atoms in total. The first-order chi connectivity index (χ1) is 14.6. The number of morpholine rings is 1. The normalized spacial score (nSPS) is 14.3. The Labute approximate surface area is 180 Å². The summed E-state index contributed by atoms with van der Waals surface area (Å²) in [5, 5.41) is 2.61. The highest BCUT2D eigenvalue weighted by Crippen LogP contribution is 2.35. The molecule has 9 heteroatoms. The quantitative estimate of drug-likeness (QED) is 0.761. The van der Waals surface area contributed by atoms with E-state index in [4.69, 9.17) is 4.74 Å². The zero-order valence-corrected chi connectivity index (χ0v) is 17.9. The van der Waals surface area contributed by atoms with Crippen LogP contribution >= 0.6 is 0 Å².